The molecule has 2 rings (SSSR count). The Hall–Kier alpha value is -1.75. The van der Waals surface area contributed by atoms with Gasteiger partial charge in [0.1, 0.15) is 6.54 Å². The van der Waals surface area contributed by atoms with Crippen molar-refractivity contribution < 1.29 is 28.6 Å². The maximum Gasteiger partial charge on any atom is 0.326 e. The van der Waals surface area contributed by atoms with Crippen molar-refractivity contribution in [2.24, 2.45) is 0 Å². The molecule has 2 amide bonds. The lowest BCUT2D eigenvalue weighted by Crippen LogP contribution is -2.35. The summed E-state index contributed by atoms with van der Waals surface area (Å²) in [5.74, 6) is 0.0493. The van der Waals surface area contributed by atoms with Crippen LogP contribution in [0, 0.1) is 3.57 Å². The van der Waals surface area contributed by atoms with Gasteiger partial charge in [0.05, 0.1) is 27.8 Å². The first-order valence-electron chi connectivity index (χ1n) is 9.15. The Morgan fingerprint density at radius 2 is 1.97 bits per heavy atom. The summed E-state index contributed by atoms with van der Waals surface area (Å²) in [4.78, 5) is 37.7. The number of esters is 1. The molecule has 7 nitrogen and oxygen atoms in total. The van der Waals surface area contributed by atoms with Crippen molar-refractivity contribution in [3.05, 3.63) is 26.2 Å². The number of ether oxygens (including phenoxy) is 3. The van der Waals surface area contributed by atoms with Gasteiger partial charge < -0.3 is 14.2 Å². The number of nitrogens with zero attached hydrogens (tertiary/aromatic N) is 1. The Labute approximate surface area is 188 Å². The second kappa shape index (κ2) is 10.3. The van der Waals surface area contributed by atoms with Crippen molar-refractivity contribution in [2.45, 2.75) is 46.3 Å². The first-order valence-corrected chi connectivity index (χ1v) is 11.0. The zero-order valence-electron chi connectivity index (χ0n) is 17.0. The van der Waals surface area contributed by atoms with E-state index in [2.05, 4.69) is 22.6 Å². The van der Waals surface area contributed by atoms with Crippen molar-refractivity contribution >= 4 is 57.5 Å². The number of thioether (sulfide) groups is 1. The van der Waals surface area contributed by atoms with Crippen LogP contribution in [0.2, 0.25) is 0 Å². The molecule has 0 spiro atoms. The van der Waals surface area contributed by atoms with Gasteiger partial charge >= 0.3 is 5.97 Å². The molecule has 0 radical (unpaired) electrons. The van der Waals surface area contributed by atoms with Gasteiger partial charge in [-0.05, 0) is 85.3 Å². The molecular weight excluding hydrogens is 509 g/mol. The molecule has 0 aliphatic carbocycles. The van der Waals surface area contributed by atoms with Crippen LogP contribution in [0.5, 0.6) is 11.5 Å². The summed E-state index contributed by atoms with van der Waals surface area (Å²) in [6.45, 7) is 7.02. The fourth-order valence-corrected chi connectivity index (χ4v) is 4.03. The summed E-state index contributed by atoms with van der Waals surface area (Å²) in [6.07, 6.45) is 2.18. The summed E-state index contributed by atoms with van der Waals surface area (Å²) in [5.41, 5.74) is 0.693. The number of carbonyl (C=O) groups excluding carboxylic acids is 3. The minimum Gasteiger partial charge on any atom is -0.493 e. The van der Waals surface area contributed by atoms with Gasteiger partial charge in [0, 0.05) is 0 Å². The maximum absolute atomic E-state index is 12.6. The van der Waals surface area contributed by atoms with E-state index in [1.807, 2.05) is 19.9 Å². The summed E-state index contributed by atoms with van der Waals surface area (Å²) in [6, 6.07) is 3.60. The number of amides is 2. The Morgan fingerprint density at radius 3 is 2.55 bits per heavy atom. The van der Waals surface area contributed by atoms with Crippen molar-refractivity contribution in [2.75, 3.05) is 13.7 Å². The highest BCUT2D eigenvalue weighted by Gasteiger charge is 2.36. The molecule has 1 atom stereocenters. The van der Waals surface area contributed by atoms with Gasteiger partial charge in [-0.2, -0.15) is 0 Å². The lowest BCUT2D eigenvalue weighted by Gasteiger charge is -2.17. The topological polar surface area (TPSA) is 82.1 Å². The smallest absolute Gasteiger partial charge is 0.326 e. The monoisotopic (exact) mass is 533 g/mol. The zero-order valence-corrected chi connectivity index (χ0v) is 20.0. The van der Waals surface area contributed by atoms with Gasteiger partial charge in [-0.3, -0.25) is 19.3 Å². The minimum atomic E-state index is -0.619. The lowest BCUT2D eigenvalue weighted by atomic mass is 10.1. The summed E-state index contributed by atoms with van der Waals surface area (Å²) >= 11 is 2.94. The largest absolute Gasteiger partial charge is 0.493 e. The molecule has 1 heterocycles. The number of halogens is 1. The number of hydrogen-bond acceptors (Lipinski definition) is 7. The lowest BCUT2D eigenvalue weighted by molar-refractivity contribution is -0.149. The van der Waals surface area contributed by atoms with Crippen molar-refractivity contribution in [1.82, 2.24) is 4.90 Å². The standard InChI is InChI=1S/C20H24INO6S/c1-6-12(4)28-18-14(21)7-13(8-15(18)26-5)9-16-19(24)22(20(25)29-16)10-17(23)27-11(2)3/h7-9,11-12H,6,10H2,1-5H3/b16-9+/t12-/m0/s1. The van der Waals surface area contributed by atoms with E-state index >= 15 is 0 Å². The van der Waals surface area contributed by atoms with Gasteiger partial charge in [-0.25, -0.2) is 0 Å². The average Bonchev–Trinajstić information content (AvgIpc) is 2.90. The summed E-state index contributed by atoms with van der Waals surface area (Å²) < 4.78 is 17.2. The van der Waals surface area contributed by atoms with Crippen LogP contribution in [0.3, 0.4) is 0 Å². The summed E-state index contributed by atoms with van der Waals surface area (Å²) in [5, 5.41) is -0.500. The first-order chi connectivity index (χ1) is 13.7. The number of imide groups is 1. The Kier molecular flexibility index (Phi) is 8.38. The highest BCUT2D eigenvalue weighted by Crippen LogP contribution is 2.37. The van der Waals surface area contributed by atoms with Crippen LogP contribution in [0.1, 0.15) is 39.7 Å². The zero-order chi connectivity index (χ0) is 21.7. The van der Waals surface area contributed by atoms with Crippen molar-refractivity contribution in [3.8, 4) is 11.5 Å². The van der Waals surface area contributed by atoms with E-state index in [-0.39, 0.29) is 17.1 Å². The van der Waals surface area contributed by atoms with Crippen LogP contribution in [0.25, 0.3) is 6.08 Å². The third kappa shape index (κ3) is 6.11. The van der Waals surface area contributed by atoms with Gasteiger partial charge in [0.2, 0.25) is 0 Å². The molecule has 1 aromatic carbocycles. The van der Waals surface area contributed by atoms with Crippen molar-refractivity contribution in [3.63, 3.8) is 0 Å². The first kappa shape index (κ1) is 23.5. The fraction of sp³-hybridized carbons (Fsp3) is 0.450. The molecule has 1 saturated heterocycles. The number of hydrogen-bond donors (Lipinski definition) is 0. The van der Waals surface area contributed by atoms with Crippen LogP contribution < -0.4 is 9.47 Å². The average molecular weight is 533 g/mol. The number of methoxy groups -OCH3 is 1. The van der Waals surface area contributed by atoms with Crippen LogP contribution in [0.4, 0.5) is 4.79 Å². The van der Waals surface area contributed by atoms with E-state index in [0.717, 1.165) is 26.7 Å². The highest BCUT2D eigenvalue weighted by atomic mass is 127. The fourth-order valence-electron chi connectivity index (χ4n) is 2.44. The molecule has 1 aliphatic heterocycles. The third-order valence-electron chi connectivity index (χ3n) is 3.97. The molecule has 29 heavy (non-hydrogen) atoms. The van der Waals surface area contributed by atoms with Crippen LogP contribution >= 0.6 is 34.4 Å². The molecule has 1 fully saturated rings. The van der Waals surface area contributed by atoms with Crippen LogP contribution in [-0.4, -0.2) is 47.9 Å². The van der Waals surface area contributed by atoms with Crippen molar-refractivity contribution in [1.29, 1.82) is 0 Å². The molecule has 1 aliphatic rings. The molecule has 158 valence electrons. The number of benzene rings is 1. The third-order valence-corrected chi connectivity index (χ3v) is 5.68. The molecule has 0 saturated carbocycles. The molecule has 0 unspecified atom stereocenters. The van der Waals surface area contributed by atoms with Crippen LogP contribution in [-0.2, 0) is 14.3 Å². The Bertz CT molecular complexity index is 839. The van der Waals surface area contributed by atoms with Gasteiger partial charge in [0.15, 0.2) is 11.5 Å². The second-order valence-electron chi connectivity index (χ2n) is 6.68. The number of rotatable bonds is 8. The predicted octanol–water partition coefficient (Wildman–Crippen LogP) is 4.47. The van der Waals surface area contributed by atoms with E-state index in [0.29, 0.717) is 17.1 Å². The Morgan fingerprint density at radius 1 is 1.28 bits per heavy atom. The molecule has 1 aromatic rings. The maximum atomic E-state index is 12.6. The van der Waals surface area contributed by atoms with E-state index in [1.54, 1.807) is 33.1 Å². The second-order valence-corrected chi connectivity index (χ2v) is 8.83. The van der Waals surface area contributed by atoms with E-state index < -0.39 is 23.7 Å². The van der Waals surface area contributed by atoms with E-state index in [9.17, 15) is 14.4 Å². The Balaban J connectivity index is 2.25. The van der Waals surface area contributed by atoms with Gasteiger partial charge in [0.25, 0.3) is 11.1 Å². The summed E-state index contributed by atoms with van der Waals surface area (Å²) in [7, 11) is 1.55. The molecule has 0 N–H and O–H groups in total. The number of carbonyl (C=O) groups is 3. The van der Waals surface area contributed by atoms with Crippen LogP contribution in [0.15, 0.2) is 17.0 Å². The van der Waals surface area contributed by atoms with Gasteiger partial charge in [-0.1, -0.05) is 6.92 Å². The quantitative estimate of drug-likeness (QED) is 0.277. The normalized spacial score (nSPS) is 16.5. The highest BCUT2D eigenvalue weighted by molar-refractivity contribution is 14.1. The van der Waals surface area contributed by atoms with Gasteiger partial charge in [-0.15, -0.1) is 0 Å². The molecule has 9 heteroatoms. The SMILES string of the molecule is CC[C@H](C)Oc1c(I)cc(/C=C2/SC(=O)N(CC(=O)OC(C)C)C2=O)cc1OC. The molecular formula is C20H24INO6S. The predicted molar refractivity (Wildman–Crippen MR) is 120 cm³/mol. The molecule has 0 aromatic heterocycles. The van der Waals surface area contributed by atoms with E-state index in [1.165, 1.54) is 0 Å². The molecule has 0 bridgehead atoms. The minimum absolute atomic E-state index is 0.0327. The van der Waals surface area contributed by atoms with E-state index in [4.69, 9.17) is 14.2 Å².